The molecule has 3 aromatic carbocycles. The summed E-state index contributed by atoms with van der Waals surface area (Å²) >= 11 is 5.80. The molecule has 0 aromatic heterocycles. The summed E-state index contributed by atoms with van der Waals surface area (Å²) < 4.78 is 55.5. The molecular weight excluding hydrogens is 394 g/mol. The van der Waals surface area contributed by atoms with Gasteiger partial charge >= 0.3 is 0 Å². The van der Waals surface area contributed by atoms with E-state index in [9.17, 15) is 17.2 Å². The fourth-order valence-electron chi connectivity index (χ4n) is 2.43. The second-order valence-electron chi connectivity index (χ2n) is 5.54. The first-order valence-electron chi connectivity index (χ1n) is 7.59. The monoisotopic (exact) mass is 404 g/mol. The van der Waals surface area contributed by atoms with Gasteiger partial charge in [-0.2, -0.15) is 5.26 Å². The highest BCUT2D eigenvalue weighted by molar-refractivity contribution is 7.92. The van der Waals surface area contributed by atoms with E-state index in [1.54, 1.807) is 36.4 Å². The van der Waals surface area contributed by atoms with Gasteiger partial charge in [0.1, 0.15) is 17.7 Å². The minimum atomic E-state index is -4.22. The van der Waals surface area contributed by atoms with Crippen molar-refractivity contribution in [2.75, 3.05) is 4.72 Å². The quantitative estimate of drug-likeness (QED) is 0.668. The van der Waals surface area contributed by atoms with E-state index in [1.165, 1.54) is 12.1 Å². The molecule has 0 saturated carbocycles. The van der Waals surface area contributed by atoms with Gasteiger partial charge < -0.3 is 0 Å². The van der Waals surface area contributed by atoms with Gasteiger partial charge in [0.25, 0.3) is 10.0 Å². The van der Waals surface area contributed by atoms with Crippen molar-refractivity contribution >= 4 is 27.3 Å². The van der Waals surface area contributed by atoms with E-state index in [2.05, 4.69) is 4.72 Å². The zero-order chi connectivity index (χ0) is 19.6. The molecule has 0 aliphatic heterocycles. The zero-order valence-corrected chi connectivity index (χ0v) is 15.2. The highest BCUT2D eigenvalue weighted by Crippen LogP contribution is 2.30. The molecule has 0 aliphatic carbocycles. The highest BCUT2D eigenvalue weighted by Gasteiger charge is 2.20. The topological polar surface area (TPSA) is 70.0 Å². The van der Waals surface area contributed by atoms with Crippen LogP contribution in [-0.2, 0) is 10.0 Å². The van der Waals surface area contributed by atoms with E-state index in [4.69, 9.17) is 16.9 Å². The number of sulfonamides is 1. The molecule has 0 bridgehead atoms. The van der Waals surface area contributed by atoms with Gasteiger partial charge in [-0.1, -0.05) is 41.9 Å². The van der Waals surface area contributed by atoms with Crippen LogP contribution in [0, 0.1) is 23.0 Å². The smallest absolute Gasteiger partial charge is 0.262 e. The van der Waals surface area contributed by atoms with Crippen LogP contribution in [-0.4, -0.2) is 8.42 Å². The Kier molecular flexibility index (Phi) is 5.13. The van der Waals surface area contributed by atoms with Gasteiger partial charge in [0.05, 0.1) is 21.2 Å². The van der Waals surface area contributed by atoms with Gasteiger partial charge in [0.2, 0.25) is 0 Å². The largest absolute Gasteiger partial charge is 0.277 e. The van der Waals surface area contributed by atoms with E-state index >= 15 is 0 Å². The first-order valence-corrected chi connectivity index (χ1v) is 9.45. The van der Waals surface area contributed by atoms with Crippen LogP contribution < -0.4 is 4.72 Å². The average molecular weight is 405 g/mol. The Morgan fingerprint density at radius 2 is 1.67 bits per heavy atom. The van der Waals surface area contributed by atoms with Crippen LogP contribution in [0.25, 0.3) is 11.1 Å². The number of hydrogen-bond donors (Lipinski definition) is 1. The maximum absolute atomic E-state index is 14.2. The summed E-state index contributed by atoms with van der Waals surface area (Å²) in [5.41, 5.74) is 0.0602. The van der Waals surface area contributed by atoms with Gasteiger partial charge in [0, 0.05) is 11.6 Å². The minimum absolute atomic E-state index is 0.0379. The molecule has 0 amide bonds. The lowest BCUT2D eigenvalue weighted by Crippen LogP contribution is -2.14. The Bertz CT molecular complexity index is 1160. The fourth-order valence-corrected chi connectivity index (χ4v) is 3.67. The predicted molar refractivity (Wildman–Crippen MR) is 98.8 cm³/mol. The summed E-state index contributed by atoms with van der Waals surface area (Å²) in [5.74, 6) is -1.88. The lowest BCUT2D eigenvalue weighted by atomic mass is 10.0. The first kappa shape index (κ1) is 18.8. The number of halogens is 3. The molecule has 0 atom stereocenters. The summed E-state index contributed by atoms with van der Waals surface area (Å²) in [6, 6.07) is 15.3. The molecule has 8 heteroatoms. The Labute approximate surface area is 159 Å². The predicted octanol–water partition coefficient (Wildman–Crippen LogP) is 4.96. The van der Waals surface area contributed by atoms with E-state index in [1.807, 2.05) is 0 Å². The molecule has 3 rings (SSSR count). The second kappa shape index (κ2) is 7.35. The Morgan fingerprint density at radius 3 is 2.33 bits per heavy atom. The molecule has 0 aliphatic rings. The SMILES string of the molecule is N#Cc1cc(S(=O)(=O)Nc2cc(-c3ccccc3)c(F)cc2F)ccc1Cl. The molecule has 0 unspecified atom stereocenters. The molecule has 27 heavy (non-hydrogen) atoms. The third-order valence-electron chi connectivity index (χ3n) is 3.75. The first-order chi connectivity index (χ1) is 12.8. The number of anilines is 1. The molecule has 1 N–H and O–H groups in total. The van der Waals surface area contributed by atoms with Crippen molar-refractivity contribution in [3.63, 3.8) is 0 Å². The molecule has 0 spiro atoms. The van der Waals surface area contributed by atoms with E-state index < -0.39 is 27.3 Å². The number of nitrogens with zero attached hydrogens (tertiary/aromatic N) is 1. The summed E-state index contributed by atoms with van der Waals surface area (Å²) in [4.78, 5) is -0.270. The van der Waals surface area contributed by atoms with E-state index in [0.717, 1.165) is 12.1 Å². The lowest BCUT2D eigenvalue weighted by molar-refractivity contribution is 0.584. The number of nitriles is 1. The lowest BCUT2D eigenvalue weighted by Gasteiger charge is -2.12. The van der Waals surface area contributed by atoms with Gasteiger partial charge in [0.15, 0.2) is 0 Å². The molecule has 0 fully saturated rings. The maximum atomic E-state index is 14.2. The van der Waals surface area contributed by atoms with E-state index in [-0.39, 0.29) is 21.0 Å². The van der Waals surface area contributed by atoms with Crippen molar-refractivity contribution in [3.05, 3.63) is 82.9 Å². The summed E-state index contributed by atoms with van der Waals surface area (Å²) in [6.07, 6.45) is 0. The summed E-state index contributed by atoms with van der Waals surface area (Å²) in [7, 11) is -4.22. The van der Waals surface area contributed by atoms with Crippen molar-refractivity contribution in [2.24, 2.45) is 0 Å². The average Bonchev–Trinajstić information content (AvgIpc) is 2.64. The third-order valence-corrected chi connectivity index (χ3v) is 5.45. The third kappa shape index (κ3) is 3.92. The second-order valence-corrected chi connectivity index (χ2v) is 7.63. The molecule has 3 aromatic rings. The molecule has 0 radical (unpaired) electrons. The highest BCUT2D eigenvalue weighted by atomic mass is 35.5. The van der Waals surface area contributed by atoms with Gasteiger partial charge in [-0.3, -0.25) is 4.72 Å². The molecular formula is C19H11ClF2N2O2S. The van der Waals surface area contributed by atoms with Crippen LogP contribution in [0.2, 0.25) is 5.02 Å². The van der Waals surface area contributed by atoms with Crippen LogP contribution in [0.3, 0.4) is 0 Å². The maximum Gasteiger partial charge on any atom is 0.262 e. The number of rotatable bonds is 4. The van der Waals surface area contributed by atoms with Crippen molar-refractivity contribution in [2.45, 2.75) is 4.90 Å². The van der Waals surface area contributed by atoms with Crippen LogP contribution in [0.1, 0.15) is 5.56 Å². The normalized spacial score (nSPS) is 11.0. The standard InChI is InChI=1S/C19H11ClF2N2O2S/c20-16-7-6-14(8-13(16)11-23)27(25,26)24-19-9-15(17(21)10-18(19)22)12-4-2-1-3-5-12/h1-10,24H. The Morgan fingerprint density at radius 1 is 0.963 bits per heavy atom. The number of hydrogen-bond acceptors (Lipinski definition) is 3. The van der Waals surface area contributed by atoms with Crippen molar-refractivity contribution in [3.8, 4) is 17.2 Å². The zero-order valence-electron chi connectivity index (χ0n) is 13.6. The Balaban J connectivity index is 2.04. The van der Waals surface area contributed by atoms with Crippen molar-refractivity contribution < 1.29 is 17.2 Å². The fraction of sp³-hybridized carbons (Fsp3) is 0. The Hall–Kier alpha value is -2.95. The number of nitrogens with one attached hydrogen (secondary N) is 1. The van der Waals surface area contributed by atoms with Gasteiger partial charge in [-0.15, -0.1) is 0 Å². The van der Waals surface area contributed by atoms with Crippen molar-refractivity contribution in [1.29, 1.82) is 5.26 Å². The number of benzene rings is 3. The molecule has 136 valence electrons. The minimum Gasteiger partial charge on any atom is -0.277 e. The van der Waals surface area contributed by atoms with Crippen molar-refractivity contribution in [1.82, 2.24) is 0 Å². The van der Waals surface area contributed by atoms with Crippen LogP contribution >= 0.6 is 11.6 Å². The van der Waals surface area contributed by atoms with Crippen LogP contribution in [0.5, 0.6) is 0 Å². The molecule has 0 heterocycles. The van der Waals surface area contributed by atoms with E-state index in [0.29, 0.717) is 11.6 Å². The molecule has 4 nitrogen and oxygen atoms in total. The van der Waals surface area contributed by atoms with Gasteiger partial charge in [-0.25, -0.2) is 17.2 Å². The summed E-state index contributed by atoms with van der Waals surface area (Å²) in [5, 5.41) is 9.08. The summed E-state index contributed by atoms with van der Waals surface area (Å²) in [6.45, 7) is 0. The van der Waals surface area contributed by atoms with Crippen LogP contribution in [0.15, 0.2) is 65.6 Å². The molecule has 0 saturated heterocycles. The van der Waals surface area contributed by atoms with Crippen LogP contribution in [0.4, 0.5) is 14.5 Å². The van der Waals surface area contributed by atoms with Gasteiger partial charge in [-0.05, 0) is 29.8 Å².